The first kappa shape index (κ1) is 15.0. The summed E-state index contributed by atoms with van der Waals surface area (Å²) in [5, 5.41) is 8.97. The molecule has 6 nitrogen and oxygen atoms in total. The Hall–Kier alpha value is -1.40. The van der Waals surface area contributed by atoms with Crippen molar-refractivity contribution in [2.45, 2.75) is 26.2 Å². The molecule has 2 heterocycles. The van der Waals surface area contributed by atoms with E-state index in [-0.39, 0.29) is 12.0 Å². The number of rotatable bonds is 3. The fourth-order valence-corrected chi connectivity index (χ4v) is 2.29. The van der Waals surface area contributed by atoms with Crippen LogP contribution in [0.5, 0.6) is 0 Å². The van der Waals surface area contributed by atoms with Gasteiger partial charge in [-0.2, -0.15) is 0 Å². The number of aliphatic hydroxyl groups excluding tert-OH is 1. The quantitative estimate of drug-likeness (QED) is 0.837. The van der Waals surface area contributed by atoms with Gasteiger partial charge in [0.05, 0.1) is 6.61 Å². The van der Waals surface area contributed by atoms with Gasteiger partial charge in [-0.05, 0) is 0 Å². The van der Waals surface area contributed by atoms with E-state index in [0.717, 1.165) is 44.4 Å². The summed E-state index contributed by atoms with van der Waals surface area (Å²) in [4.78, 5) is 13.5. The molecule has 1 fully saturated rings. The summed E-state index contributed by atoms with van der Waals surface area (Å²) >= 11 is 0. The molecule has 1 aromatic rings. The highest BCUT2D eigenvalue weighted by atomic mass is 16.3. The molecule has 1 aliphatic heterocycles. The van der Waals surface area contributed by atoms with Gasteiger partial charge in [-0.1, -0.05) is 20.8 Å². The van der Waals surface area contributed by atoms with Crippen LogP contribution in [0.25, 0.3) is 0 Å². The lowest BCUT2D eigenvalue weighted by atomic mass is 9.96. The number of aromatic nitrogens is 2. The molecule has 2 rings (SSSR count). The first-order valence-corrected chi connectivity index (χ1v) is 7.13. The van der Waals surface area contributed by atoms with Crippen LogP contribution in [0, 0.1) is 0 Å². The Balaban J connectivity index is 2.12. The second-order valence-corrected chi connectivity index (χ2v) is 6.28. The molecule has 0 atom stereocenters. The fraction of sp³-hybridized carbons (Fsp3) is 0.714. The molecule has 20 heavy (non-hydrogen) atoms. The number of aliphatic hydroxyl groups is 1. The number of nitrogens with two attached hydrogens (primary N) is 1. The monoisotopic (exact) mass is 279 g/mol. The van der Waals surface area contributed by atoms with Crippen molar-refractivity contribution in [3.05, 3.63) is 11.9 Å². The summed E-state index contributed by atoms with van der Waals surface area (Å²) in [5.41, 5.74) is 5.81. The molecular formula is C14H25N5O. The third kappa shape index (κ3) is 3.58. The molecule has 3 N–H and O–H groups in total. The van der Waals surface area contributed by atoms with E-state index in [1.54, 1.807) is 0 Å². The van der Waals surface area contributed by atoms with E-state index in [1.165, 1.54) is 0 Å². The van der Waals surface area contributed by atoms with E-state index in [9.17, 15) is 0 Å². The van der Waals surface area contributed by atoms with Gasteiger partial charge in [-0.25, -0.2) is 9.97 Å². The maximum absolute atomic E-state index is 8.97. The standard InChI is InChI=1S/C14H25N5O/c1-14(2,3)13-16-11(15)10-12(17-13)19-6-4-18(5-7-19)8-9-20/h10,20H,4-9H2,1-3H3,(H2,15,16,17). The molecule has 1 aromatic heterocycles. The van der Waals surface area contributed by atoms with Crippen LogP contribution in [0.3, 0.4) is 0 Å². The largest absolute Gasteiger partial charge is 0.395 e. The van der Waals surface area contributed by atoms with Gasteiger partial charge >= 0.3 is 0 Å². The molecule has 0 saturated carbocycles. The summed E-state index contributed by atoms with van der Waals surface area (Å²) in [5.74, 6) is 2.22. The molecule has 1 saturated heterocycles. The van der Waals surface area contributed by atoms with Crippen LogP contribution in [-0.2, 0) is 5.41 Å². The molecule has 0 unspecified atom stereocenters. The van der Waals surface area contributed by atoms with Crippen LogP contribution in [0.4, 0.5) is 11.6 Å². The highest BCUT2D eigenvalue weighted by Gasteiger charge is 2.22. The Bertz CT molecular complexity index is 449. The van der Waals surface area contributed by atoms with Gasteiger partial charge in [0.25, 0.3) is 0 Å². The van der Waals surface area contributed by atoms with E-state index >= 15 is 0 Å². The maximum atomic E-state index is 8.97. The average Bonchev–Trinajstić information content (AvgIpc) is 2.38. The van der Waals surface area contributed by atoms with Gasteiger partial charge < -0.3 is 15.7 Å². The Morgan fingerprint density at radius 2 is 1.85 bits per heavy atom. The summed E-state index contributed by atoms with van der Waals surface area (Å²) in [6.45, 7) is 10.9. The number of hydrogen-bond donors (Lipinski definition) is 2. The van der Waals surface area contributed by atoms with Crippen molar-refractivity contribution in [1.82, 2.24) is 14.9 Å². The van der Waals surface area contributed by atoms with Crippen LogP contribution in [0.15, 0.2) is 6.07 Å². The van der Waals surface area contributed by atoms with Crippen LogP contribution < -0.4 is 10.6 Å². The number of piperazine rings is 1. The Morgan fingerprint density at radius 3 is 2.40 bits per heavy atom. The van der Waals surface area contributed by atoms with E-state index in [0.29, 0.717) is 5.82 Å². The van der Waals surface area contributed by atoms with E-state index in [1.807, 2.05) is 6.07 Å². The minimum Gasteiger partial charge on any atom is -0.395 e. The topological polar surface area (TPSA) is 78.5 Å². The number of nitrogen functional groups attached to an aromatic ring is 1. The average molecular weight is 279 g/mol. The smallest absolute Gasteiger partial charge is 0.138 e. The zero-order valence-electron chi connectivity index (χ0n) is 12.6. The SMILES string of the molecule is CC(C)(C)c1nc(N)cc(N2CCN(CCO)CC2)n1. The first-order valence-electron chi connectivity index (χ1n) is 7.13. The summed E-state index contributed by atoms with van der Waals surface area (Å²) in [7, 11) is 0. The Kier molecular flexibility index (Phi) is 4.45. The lowest BCUT2D eigenvalue weighted by molar-refractivity contribution is 0.188. The number of nitrogens with zero attached hydrogens (tertiary/aromatic N) is 4. The summed E-state index contributed by atoms with van der Waals surface area (Å²) in [6.07, 6.45) is 0. The van der Waals surface area contributed by atoms with Crippen molar-refractivity contribution in [3.63, 3.8) is 0 Å². The van der Waals surface area contributed by atoms with E-state index < -0.39 is 0 Å². The first-order chi connectivity index (χ1) is 9.40. The van der Waals surface area contributed by atoms with Gasteiger partial charge in [0.2, 0.25) is 0 Å². The summed E-state index contributed by atoms with van der Waals surface area (Å²) < 4.78 is 0. The van der Waals surface area contributed by atoms with Crippen molar-refractivity contribution in [3.8, 4) is 0 Å². The van der Waals surface area contributed by atoms with Crippen molar-refractivity contribution in [1.29, 1.82) is 0 Å². The van der Waals surface area contributed by atoms with Crippen LogP contribution >= 0.6 is 0 Å². The molecule has 0 spiro atoms. The maximum Gasteiger partial charge on any atom is 0.138 e. The predicted molar refractivity (Wildman–Crippen MR) is 80.9 cm³/mol. The lowest BCUT2D eigenvalue weighted by Crippen LogP contribution is -2.47. The highest BCUT2D eigenvalue weighted by molar-refractivity contribution is 5.48. The molecule has 0 radical (unpaired) electrons. The van der Waals surface area contributed by atoms with Gasteiger partial charge in [0, 0.05) is 44.2 Å². The molecule has 0 amide bonds. The molecule has 112 valence electrons. The third-order valence-electron chi connectivity index (χ3n) is 3.52. The predicted octanol–water partition coefficient (Wildman–Crippen LogP) is 0.471. The molecular weight excluding hydrogens is 254 g/mol. The van der Waals surface area contributed by atoms with E-state index in [4.69, 9.17) is 10.8 Å². The van der Waals surface area contributed by atoms with Gasteiger partial charge in [-0.3, -0.25) is 4.90 Å². The number of anilines is 2. The fourth-order valence-electron chi connectivity index (χ4n) is 2.29. The molecule has 1 aliphatic rings. The van der Waals surface area contributed by atoms with Crippen LogP contribution in [-0.4, -0.2) is 59.3 Å². The van der Waals surface area contributed by atoms with E-state index in [2.05, 4.69) is 40.5 Å². The third-order valence-corrected chi connectivity index (χ3v) is 3.52. The van der Waals surface area contributed by atoms with Crippen molar-refractivity contribution < 1.29 is 5.11 Å². The van der Waals surface area contributed by atoms with Crippen LogP contribution in [0.1, 0.15) is 26.6 Å². The molecule has 0 aromatic carbocycles. The minimum absolute atomic E-state index is 0.108. The Labute approximate surface area is 120 Å². The minimum atomic E-state index is -0.108. The van der Waals surface area contributed by atoms with Crippen molar-refractivity contribution in [2.24, 2.45) is 0 Å². The second-order valence-electron chi connectivity index (χ2n) is 6.28. The van der Waals surface area contributed by atoms with Gasteiger partial charge in [0.15, 0.2) is 0 Å². The van der Waals surface area contributed by atoms with Gasteiger partial charge in [0.1, 0.15) is 17.5 Å². The molecule has 6 heteroatoms. The van der Waals surface area contributed by atoms with Crippen LogP contribution in [0.2, 0.25) is 0 Å². The zero-order chi connectivity index (χ0) is 14.8. The normalized spacial score (nSPS) is 17.5. The van der Waals surface area contributed by atoms with Crippen molar-refractivity contribution >= 4 is 11.6 Å². The zero-order valence-corrected chi connectivity index (χ0v) is 12.6. The molecule has 0 aliphatic carbocycles. The highest BCUT2D eigenvalue weighted by Crippen LogP contribution is 2.23. The number of hydrogen-bond acceptors (Lipinski definition) is 6. The van der Waals surface area contributed by atoms with Gasteiger partial charge in [-0.15, -0.1) is 0 Å². The lowest BCUT2D eigenvalue weighted by Gasteiger charge is -2.35. The summed E-state index contributed by atoms with van der Waals surface area (Å²) in [6, 6.07) is 1.84. The second kappa shape index (κ2) is 5.93. The molecule has 0 bridgehead atoms. The number of β-amino-alcohol motifs (C(OH)–C–C–N with tert-alkyl or cyclic N) is 1. The van der Waals surface area contributed by atoms with Crippen molar-refractivity contribution in [2.75, 3.05) is 50.0 Å². The Morgan fingerprint density at radius 1 is 1.20 bits per heavy atom.